The van der Waals surface area contributed by atoms with Crippen molar-refractivity contribution in [2.45, 2.75) is 44.7 Å². The Bertz CT molecular complexity index is 921. The van der Waals surface area contributed by atoms with E-state index < -0.39 is 10.0 Å². The third kappa shape index (κ3) is 4.22. The van der Waals surface area contributed by atoms with Crippen molar-refractivity contribution in [1.82, 2.24) is 13.9 Å². The van der Waals surface area contributed by atoms with E-state index in [0.717, 1.165) is 11.3 Å². The number of benzene rings is 1. The molecule has 0 aliphatic carbocycles. The second-order valence-electron chi connectivity index (χ2n) is 7.26. The number of para-hydroxylation sites is 1. The van der Waals surface area contributed by atoms with Crippen LogP contribution in [-0.4, -0.2) is 41.3 Å². The molecular weight excluding hydrogens is 364 g/mol. The number of anilines is 1. The van der Waals surface area contributed by atoms with E-state index in [9.17, 15) is 13.2 Å². The molecule has 0 unspecified atom stereocenters. The fraction of sp³-hybridized carbons (Fsp3) is 0.474. The highest BCUT2D eigenvalue weighted by Crippen LogP contribution is 2.25. The minimum absolute atomic E-state index is 0.0381. The van der Waals surface area contributed by atoms with Crippen LogP contribution < -0.4 is 5.32 Å². The van der Waals surface area contributed by atoms with E-state index >= 15 is 0 Å². The van der Waals surface area contributed by atoms with Crippen molar-refractivity contribution in [3.63, 3.8) is 0 Å². The second kappa shape index (κ2) is 7.82. The lowest BCUT2D eigenvalue weighted by Crippen LogP contribution is -2.43. The largest absolute Gasteiger partial charge is 0.334 e. The van der Waals surface area contributed by atoms with Gasteiger partial charge in [-0.3, -0.25) is 4.79 Å². The number of sulfonamides is 1. The summed E-state index contributed by atoms with van der Waals surface area (Å²) in [6, 6.07) is 7.69. The molecule has 0 radical (unpaired) electrons. The molecule has 1 aliphatic heterocycles. The molecule has 27 heavy (non-hydrogen) atoms. The van der Waals surface area contributed by atoms with Crippen molar-refractivity contribution in [2.24, 2.45) is 5.92 Å². The summed E-state index contributed by atoms with van der Waals surface area (Å²) in [5.74, 6) is -0.516. The van der Waals surface area contributed by atoms with E-state index in [1.165, 1.54) is 10.6 Å². The van der Waals surface area contributed by atoms with Gasteiger partial charge in [0.15, 0.2) is 5.03 Å². The molecule has 1 fully saturated rings. The van der Waals surface area contributed by atoms with Gasteiger partial charge in [0, 0.05) is 31.0 Å². The molecule has 1 aromatic heterocycles. The van der Waals surface area contributed by atoms with Crippen LogP contribution in [0.15, 0.2) is 41.8 Å². The Labute approximate surface area is 160 Å². The maximum atomic E-state index is 12.9. The average Bonchev–Trinajstić information content (AvgIpc) is 3.15. The fourth-order valence-corrected chi connectivity index (χ4v) is 4.63. The number of imidazole rings is 1. The molecule has 3 rings (SSSR count). The number of nitrogens with one attached hydrogen (secondary N) is 1. The van der Waals surface area contributed by atoms with E-state index in [1.807, 2.05) is 45.0 Å². The van der Waals surface area contributed by atoms with Gasteiger partial charge in [0.25, 0.3) is 10.0 Å². The van der Waals surface area contributed by atoms with Crippen molar-refractivity contribution in [1.29, 1.82) is 0 Å². The number of nitrogens with zero attached hydrogens (tertiary/aromatic N) is 3. The van der Waals surface area contributed by atoms with Crippen LogP contribution in [0.4, 0.5) is 5.69 Å². The Morgan fingerprint density at radius 2 is 2.04 bits per heavy atom. The summed E-state index contributed by atoms with van der Waals surface area (Å²) >= 11 is 0. The SMILES string of the molecule is Cc1ccccc1NC(=O)[C@H]1CCCN(S(=O)(=O)c2cn(C(C)C)cn2)C1. The Balaban J connectivity index is 1.73. The molecule has 1 amide bonds. The minimum atomic E-state index is -3.70. The molecule has 1 aromatic carbocycles. The molecule has 1 aliphatic rings. The predicted octanol–water partition coefficient (Wildman–Crippen LogP) is 2.81. The Morgan fingerprint density at radius 3 is 2.70 bits per heavy atom. The van der Waals surface area contributed by atoms with Gasteiger partial charge in [0.1, 0.15) is 0 Å². The monoisotopic (exact) mass is 390 g/mol. The van der Waals surface area contributed by atoms with Gasteiger partial charge in [-0.1, -0.05) is 18.2 Å². The van der Waals surface area contributed by atoms with Gasteiger partial charge in [0.05, 0.1) is 12.2 Å². The Kier molecular flexibility index (Phi) is 5.67. The summed E-state index contributed by atoms with van der Waals surface area (Å²) in [4.78, 5) is 16.7. The lowest BCUT2D eigenvalue weighted by atomic mass is 9.98. The number of hydrogen-bond acceptors (Lipinski definition) is 4. The molecule has 0 spiro atoms. The molecule has 1 N–H and O–H groups in total. The van der Waals surface area contributed by atoms with Crippen LogP contribution in [-0.2, 0) is 14.8 Å². The predicted molar refractivity (Wildman–Crippen MR) is 104 cm³/mol. The van der Waals surface area contributed by atoms with E-state index in [4.69, 9.17) is 0 Å². The van der Waals surface area contributed by atoms with Gasteiger partial charge in [-0.05, 0) is 45.2 Å². The van der Waals surface area contributed by atoms with Crippen LogP contribution in [0.2, 0.25) is 0 Å². The maximum Gasteiger partial charge on any atom is 0.262 e. The van der Waals surface area contributed by atoms with Crippen molar-refractivity contribution in [3.05, 3.63) is 42.4 Å². The summed E-state index contributed by atoms with van der Waals surface area (Å²) in [6.07, 6.45) is 4.40. The molecular formula is C19H26N4O3S. The minimum Gasteiger partial charge on any atom is -0.334 e. The zero-order chi connectivity index (χ0) is 19.6. The number of rotatable bonds is 5. The highest BCUT2D eigenvalue weighted by Gasteiger charge is 2.34. The van der Waals surface area contributed by atoms with Gasteiger partial charge in [0.2, 0.25) is 5.91 Å². The molecule has 0 bridgehead atoms. The van der Waals surface area contributed by atoms with Crippen LogP contribution >= 0.6 is 0 Å². The van der Waals surface area contributed by atoms with Gasteiger partial charge < -0.3 is 9.88 Å². The highest BCUT2D eigenvalue weighted by atomic mass is 32.2. The number of hydrogen-bond donors (Lipinski definition) is 1. The summed E-state index contributed by atoms with van der Waals surface area (Å²) in [5, 5.41) is 2.97. The van der Waals surface area contributed by atoms with Crippen molar-refractivity contribution in [3.8, 4) is 0 Å². The standard InChI is InChI=1S/C19H26N4O3S/c1-14(2)22-12-18(20-13-22)27(25,26)23-10-6-8-16(11-23)19(24)21-17-9-5-4-7-15(17)3/h4-5,7,9,12-14,16H,6,8,10-11H2,1-3H3,(H,21,24)/t16-/m0/s1. The molecule has 7 nitrogen and oxygen atoms in total. The Morgan fingerprint density at radius 1 is 1.30 bits per heavy atom. The third-order valence-corrected chi connectivity index (χ3v) is 6.69. The third-order valence-electron chi connectivity index (χ3n) is 4.94. The van der Waals surface area contributed by atoms with Crippen molar-refractivity contribution < 1.29 is 13.2 Å². The molecule has 8 heteroatoms. The molecule has 1 atom stereocenters. The molecule has 0 saturated carbocycles. The van der Waals surface area contributed by atoms with Crippen LogP contribution in [0, 0.1) is 12.8 Å². The van der Waals surface area contributed by atoms with Crippen LogP contribution in [0.5, 0.6) is 0 Å². The zero-order valence-electron chi connectivity index (χ0n) is 15.9. The maximum absolute atomic E-state index is 12.9. The zero-order valence-corrected chi connectivity index (χ0v) is 16.7. The summed E-state index contributed by atoms with van der Waals surface area (Å²) < 4.78 is 29.0. The molecule has 2 aromatic rings. The topological polar surface area (TPSA) is 84.3 Å². The van der Waals surface area contributed by atoms with E-state index in [-0.39, 0.29) is 29.4 Å². The summed E-state index contributed by atoms with van der Waals surface area (Å²) in [5.41, 5.74) is 1.74. The van der Waals surface area contributed by atoms with Gasteiger partial charge in [-0.25, -0.2) is 13.4 Å². The normalized spacial score (nSPS) is 18.6. The van der Waals surface area contributed by atoms with Crippen LogP contribution in [0.1, 0.15) is 38.3 Å². The Hall–Kier alpha value is -2.19. The number of carbonyl (C=O) groups excluding carboxylic acids is 1. The van der Waals surface area contributed by atoms with Crippen molar-refractivity contribution in [2.75, 3.05) is 18.4 Å². The number of amides is 1. The first-order valence-electron chi connectivity index (χ1n) is 9.19. The first-order chi connectivity index (χ1) is 12.8. The summed E-state index contributed by atoms with van der Waals surface area (Å²) in [6.45, 7) is 6.44. The summed E-state index contributed by atoms with van der Waals surface area (Å²) in [7, 11) is -3.70. The van der Waals surface area contributed by atoms with Crippen LogP contribution in [0.3, 0.4) is 0 Å². The highest BCUT2D eigenvalue weighted by molar-refractivity contribution is 7.89. The van der Waals surface area contributed by atoms with Crippen LogP contribution in [0.25, 0.3) is 0 Å². The lowest BCUT2D eigenvalue weighted by molar-refractivity contribution is -0.120. The van der Waals surface area contributed by atoms with E-state index in [1.54, 1.807) is 10.8 Å². The second-order valence-corrected chi connectivity index (χ2v) is 9.14. The smallest absolute Gasteiger partial charge is 0.262 e. The first kappa shape index (κ1) is 19.6. The number of carbonyl (C=O) groups is 1. The molecule has 146 valence electrons. The first-order valence-corrected chi connectivity index (χ1v) is 10.6. The number of piperidine rings is 1. The van der Waals surface area contributed by atoms with Gasteiger partial charge in [-0.15, -0.1) is 0 Å². The number of aryl methyl sites for hydroxylation is 1. The molecule has 1 saturated heterocycles. The van der Waals surface area contributed by atoms with Gasteiger partial charge >= 0.3 is 0 Å². The van der Waals surface area contributed by atoms with E-state index in [0.29, 0.717) is 19.4 Å². The lowest BCUT2D eigenvalue weighted by Gasteiger charge is -2.30. The van der Waals surface area contributed by atoms with E-state index in [2.05, 4.69) is 10.3 Å². The van der Waals surface area contributed by atoms with Gasteiger partial charge in [-0.2, -0.15) is 4.31 Å². The average molecular weight is 391 g/mol. The number of aromatic nitrogens is 2. The fourth-order valence-electron chi connectivity index (χ4n) is 3.19. The van der Waals surface area contributed by atoms with Crippen molar-refractivity contribution >= 4 is 21.6 Å². The molecule has 2 heterocycles. The quantitative estimate of drug-likeness (QED) is 0.851.